The molecule has 0 atom stereocenters. The molecule has 0 aliphatic carbocycles. The van der Waals surface area contributed by atoms with Crippen LogP contribution in [0.3, 0.4) is 0 Å². The monoisotopic (exact) mass is 556 g/mol. The molecule has 3 nitrogen and oxygen atoms in total. The van der Waals surface area contributed by atoms with Crippen molar-refractivity contribution in [1.82, 2.24) is 0 Å². The van der Waals surface area contributed by atoms with E-state index in [0.29, 0.717) is 0 Å². The third-order valence-electron chi connectivity index (χ3n) is 7.47. The summed E-state index contributed by atoms with van der Waals surface area (Å²) in [5.74, 6) is 0. The molecule has 5 aromatic rings. The number of hydrogen-bond donors (Lipinski definition) is 0. The molecule has 0 spiro atoms. The Labute approximate surface area is 246 Å². The average molecular weight is 557 g/mol. The smallest absolute Gasteiger partial charge is 0.218 e. The number of nitrogens with zero attached hydrogens (tertiary/aromatic N) is 2. The van der Waals surface area contributed by atoms with Gasteiger partial charge < -0.3 is 14.2 Å². The summed E-state index contributed by atoms with van der Waals surface area (Å²) in [6.45, 7) is 13.8. The molecular formula is C37H40N2OSi. The topological polar surface area (TPSA) is 15.7 Å². The fraction of sp³-hybridized carbons (Fsp3) is 0.189. The first-order chi connectivity index (χ1) is 19.7. The lowest BCUT2D eigenvalue weighted by Gasteiger charge is -2.29. The summed E-state index contributed by atoms with van der Waals surface area (Å²) in [5, 5.41) is 1.30. The van der Waals surface area contributed by atoms with E-state index in [1.165, 1.54) is 21.9 Å². The zero-order valence-corrected chi connectivity index (χ0v) is 26.1. The van der Waals surface area contributed by atoms with Crippen molar-refractivity contribution in [2.75, 3.05) is 16.4 Å². The van der Waals surface area contributed by atoms with Crippen LogP contribution in [0.1, 0.15) is 23.6 Å². The van der Waals surface area contributed by atoms with Gasteiger partial charge in [-0.15, -0.1) is 0 Å². The van der Waals surface area contributed by atoms with E-state index in [2.05, 4.69) is 172 Å². The molecule has 0 aliphatic rings. The van der Waals surface area contributed by atoms with Crippen LogP contribution in [0.4, 0.5) is 34.1 Å². The summed E-state index contributed by atoms with van der Waals surface area (Å²) in [4.78, 5) is 4.66. The summed E-state index contributed by atoms with van der Waals surface area (Å²) in [6, 6.07) is 43.9. The lowest BCUT2D eigenvalue weighted by Crippen LogP contribution is -2.44. The van der Waals surface area contributed by atoms with Crippen molar-refractivity contribution in [1.29, 1.82) is 0 Å². The van der Waals surface area contributed by atoms with Crippen LogP contribution in [-0.2, 0) is 4.43 Å². The first-order valence-electron chi connectivity index (χ1n) is 14.4. The van der Waals surface area contributed by atoms with Gasteiger partial charge in [-0.3, -0.25) is 0 Å². The van der Waals surface area contributed by atoms with Crippen molar-refractivity contribution in [3.63, 3.8) is 0 Å². The molecule has 0 aliphatic heterocycles. The van der Waals surface area contributed by atoms with Gasteiger partial charge in [-0.25, -0.2) is 0 Å². The highest BCUT2D eigenvalue weighted by molar-refractivity contribution is 6.84. The van der Waals surface area contributed by atoms with Gasteiger partial charge in [-0.05, 0) is 135 Å². The zero-order chi connectivity index (χ0) is 29.0. The molecule has 0 heterocycles. The zero-order valence-electron chi connectivity index (χ0n) is 25.1. The number of rotatable bonds is 9. The van der Waals surface area contributed by atoms with Crippen LogP contribution >= 0.6 is 0 Å². The Morgan fingerprint density at radius 2 is 0.829 bits per heavy atom. The Bertz CT molecular complexity index is 1560. The number of aryl methyl sites for hydroxylation is 3. The van der Waals surface area contributed by atoms with Gasteiger partial charge in [0, 0.05) is 40.7 Å². The van der Waals surface area contributed by atoms with Gasteiger partial charge in [0.1, 0.15) is 0 Å². The molecule has 0 saturated carbocycles. The maximum atomic E-state index is 6.14. The van der Waals surface area contributed by atoms with Gasteiger partial charge in [0.15, 0.2) is 0 Å². The molecule has 5 aromatic carbocycles. The van der Waals surface area contributed by atoms with Crippen molar-refractivity contribution in [3.05, 3.63) is 138 Å². The van der Waals surface area contributed by atoms with Crippen molar-refractivity contribution in [3.8, 4) is 0 Å². The van der Waals surface area contributed by atoms with Crippen LogP contribution in [-0.4, -0.2) is 14.9 Å². The van der Waals surface area contributed by atoms with Gasteiger partial charge >= 0.3 is 0 Å². The number of benzene rings is 5. The van der Waals surface area contributed by atoms with Crippen LogP contribution in [0, 0.1) is 20.8 Å². The fourth-order valence-corrected chi connectivity index (χ4v) is 7.26. The first kappa shape index (κ1) is 28.4. The van der Waals surface area contributed by atoms with Crippen LogP contribution in [0.5, 0.6) is 0 Å². The molecule has 0 saturated heterocycles. The van der Waals surface area contributed by atoms with Crippen LogP contribution in [0.25, 0.3) is 0 Å². The van der Waals surface area contributed by atoms with E-state index in [0.717, 1.165) is 40.7 Å². The van der Waals surface area contributed by atoms with Gasteiger partial charge in [0.25, 0.3) is 0 Å². The minimum atomic E-state index is -1.92. The molecule has 4 heteroatoms. The number of hydrogen-bond acceptors (Lipinski definition) is 3. The quantitative estimate of drug-likeness (QED) is 0.168. The van der Waals surface area contributed by atoms with Gasteiger partial charge in [0.05, 0.1) is 0 Å². The Morgan fingerprint density at radius 3 is 1.17 bits per heavy atom. The third kappa shape index (κ3) is 6.45. The summed E-state index contributed by atoms with van der Waals surface area (Å²) < 4.78 is 6.14. The first-order valence-corrected chi connectivity index (χ1v) is 17.3. The lowest BCUT2D eigenvalue weighted by molar-refractivity contribution is 0.339. The van der Waals surface area contributed by atoms with E-state index in [4.69, 9.17) is 4.43 Å². The third-order valence-corrected chi connectivity index (χ3v) is 10.2. The fourth-order valence-electron chi connectivity index (χ4n) is 5.40. The van der Waals surface area contributed by atoms with Crippen molar-refractivity contribution in [2.24, 2.45) is 0 Å². The van der Waals surface area contributed by atoms with Crippen molar-refractivity contribution >= 4 is 47.6 Å². The Kier molecular flexibility index (Phi) is 8.43. The Balaban J connectivity index is 1.57. The normalized spacial score (nSPS) is 11.4. The minimum Gasteiger partial charge on any atom is -0.413 e. The molecule has 5 rings (SSSR count). The van der Waals surface area contributed by atoms with Crippen molar-refractivity contribution < 1.29 is 4.43 Å². The minimum absolute atomic E-state index is 0.741. The average Bonchev–Trinajstić information content (AvgIpc) is 2.95. The molecule has 208 valence electrons. The number of anilines is 6. The van der Waals surface area contributed by atoms with E-state index in [1.807, 2.05) is 0 Å². The highest BCUT2D eigenvalue weighted by atomic mass is 28.4. The van der Waals surface area contributed by atoms with Gasteiger partial charge in [-0.2, -0.15) is 0 Å². The van der Waals surface area contributed by atoms with E-state index in [-0.39, 0.29) is 0 Å². The largest absolute Gasteiger partial charge is 0.413 e. The Hall–Kier alpha value is -4.12. The summed E-state index contributed by atoms with van der Waals surface area (Å²) in [6.07, 6.45) is 0. The summed E-state index contributed by atoms with van der Waals surface area (Å²) >= 11 is 0. The second-order valence-electron chi connectivity index (χ2n) is 11.2. The predicted molar refractivity (Wildman–Crippen MR) is 179 cm³/mol. The molecule has 0 unspecified atom stereocenters. The maximum Gasteiger partial charge on any atom is 0.218 e. The van der Waals surface area contributed by atoms with E-state index >= 15 is 0 Å². The molecular weight excluding hydrogens is 517 g/mol. The molecule has 0 N–H and O–H groups in total. The molecule has 41 heavy (non-hydrogen) atoms. The van der Waals surface area contributed by atoms with Crippen molar-refractivity contribution in [2.45, 2.75) is 40.8 Å². The molecule has 0 bridgehead atoms. The summed E-state index contributed by atoms with van der Waals surface area (Å²) in [5.41, 5.74) is 10.5. The standard InChI is InChI=1S/C37H40N2OSi/c1-7-40-41(5,6)37-23-21-33(22-24-37)38(34-14-8-11-28(2)25-34)31-17-19-32(20-18-31)39(35-15-9-12-29(3)26-35)36-16-10-13-30(4)27-36/h8-27H,7H2,1-6H3. The lowest BCUT2D eigenvalue weighted by atomic mass is 10.1. The highest BCUT2D eigenvalue weighted by Crippen LogP contribution is 2.39. The van der Waals surface area contributed by atoms with Crippen LogP contribution in [0.2, 0.25) is 13.1 Å². The Morgan fingerprint density at radius 1 is 0.488 bits per heavy atom. The van der Waals surface area contributed by atoms with Gasteiger partial charge in [0.2, 0.25) is 8.32 Å². The van der Waals surface area contributed by atoms with Crippen LogP contribution < -0.4 is 15.0 Å². The second kappa shape index (κ2) is 12.2. The van der Waals surface area contributed by atoms with E-state index < -0.39 is 8.32 Å². The van der Waals surface area contributed by atoms with Crippen LogP contribution in [0.15, 0.2) is 121 Å². The van der Waals surface area contributed by atoms with E-state index in [1.54, 1.807) is 0 Å². The molecule has 0 aromatic heterocycles. The summed E-state index contributed by atoms with van der Waals surface area (Å²) in [7, 11) is -1.92. The molecule has 0 radical (unpaired) electrons. The van der Waals surface area contributed by atoms with Gasteiger partial charge in [-0.1, -0.05) is 48.5 Å². The highest BCUT2D eigenvalue weighted by Gasteiger charge is 2.25. The maximum absolute atomic E-state index is 6.14. The SMILES string of the molecule is CCO[Si](C)(C)c1ccc(N(c2ccc(N(c3cccc(C)c3)c3cccc(C)c3)cc2)c2cccc(C)c2)cc1. The van der Waals surface area contributed by atoms with E-state index in [9.17, 15) is 0 Å². The second-order valence-corrected chi connectivity index (χ2v) is 15.1. The molecule has 0 fully saturated rings. The predicted octanol–water partition coefficient (Wildman–Crippen LogP) is 10.0. The molecule has 0 amide bonds.